The van der Waals surface area contributed by atoms with Crippen molar-refractivity contribution in [2.75, 3.05) is 26.7 Å². The first-order valence-electron chi connectivity index (χ1n) is 6.16. The maximum atomic E-state index is 11.5. The standard InChI is InChI=1S/C12H20N2O4/c1-3-18-12(17)6-10(15)7-14(2)8-11(16)13-9-4-5-9/h9H,3-8H2,1-2H3,(H,13,16). The van der Waals surface area contributed by atoms with Gasteiger partial charge in [-0.15, -0.1) is 0 Å². The number of nitrogens with one attached hydrogen (secondary N) is 1. The number of carbonyl (C=O) groups is 3. The van der Waals surface area contributed by atoms with Crippen molar-refractivity contribution in [2.45, 2.75) is 32.2 Å². The number of ether oxygens (including phenoxy) is 1. The predicted octanol–water partition coefficient (Wildman–Crippen LogP) is -0.281. The van der Waals surface area contributed by atoms with E-state index in [0.717, 1.165) is 12.8 Å². The summed E-state index contributed by atoms with van der Waals surface area (Å²) in [5.41, 5.74) is 0. The summed E-state index contributed by atoms with van der Waals surface area (Å²) in [7, 11) is 1.68. The minimum atomic E-state index is -0.515. The lowest BCUT2D eigenvalue weighted by molar-refractivity contribution is -0.145. The van der Waals surface area contributed by atoms with Crippen LogP contribution in [0, 0.1) is 0 Å². The van der Waals surface area contributed by atoms with E-state index in [2.05, 4.69) is 10.1 Å². The van der Waals surface area contributed by atoms with E-state index in [-0.39, 0.29) is 37.8 Å². The lowest BCUT2D eigenvalue weighted by Crippen LogP contribution is -2.38. The van der Waals surface area contributed by atoms with Crippen molar-refractivity contribution in [3.05, 3.63) is 0 Å². The van der Waals surface area contributed by atoms with Crippen LogP contribution in [0.15, 0.2) is 0 Å². The number of carbonyl (C=O) groups excluding carboxylic acids is 3. The number of rotatable bonds is 8. The maximum Gasteiger partial charge on any atom is 0.313 e. The Kier molecular flexibility index (Phi) is 5.77. The summed E-state index contributed by atoms with van der Waals surface area (Å²) >= 11 is 0. The van der Waals surface area contributed by atoms with Crippen LogP contribution in [-0.2, 0) is 19.1 Å². The number of hydrogen-bond acceptors (Lipinski definition) is 5. The van der Waals surface area contributed by atoms with Crippen LogP contribution in [0.3, 0.4) is 0 Å². The smallest absolute Gasteiger partial charge is 0.313 e. The van der Waals surface area contributed by atoms with E-state index in [1.165, 1.54) is 0 Å². The van der Waals surface area contributed by atoms with Gasteiger partial charge in [0.1, 0.15) is 6.42 Å². The molecule has 0 atom stereocenters. The van der Waals surface area contributed by atoms with E-state index in [9.17, 15) is 14.4 Å². The molecule has 6 heteroatoms. The molecule has 1 aliphatic carbocycles. The van der Waals surface area contributed by atoms with E-state index < -0.39 is 5.97 Å². The molecule has 102 valence electrons. The second-order valence-electron chi connectivity index (χ2n) is 4.53. The first kappa shape index (κ1) is 14.6. The molecule has 0 heterocycles. The molecule has 18 heavy (non-hydrogen) atoms. The van der Waals surface area contributed by atoms with Gasteiger partial charge in [-0.1, -0.05) is 0 Å². The lowest BCUT2D eigenvalue weighted by Gasteiger charge is -2.14. The van der Waals surface area contributed by atoms with Crippen molar-refractivity contribution in [3.8, 4) is 0 Å². The van der Waals surface area contributed by atoms with Crippen LogP contribution >= 0.6 is 0 Å². The average Bonchev–Trinajstić information content (AvgIpc) is 3.00. The molecule has 0 aromatic rings. The molecular weight excluding hydrogens is 236 g/mol. The van der Waals surface area contributed by atoms with Crippen molar-refractivity contribution >= 4 is 17.7 Å². The molecular formula is C12H20N2O4. The highest BCUT2D eigenvalue weighted by atomic mass is 16.5. The molecule has 0 radical (unpaired) electrons. The van der Waals surface area contributed by atoms with Gasteiger partial charge in [0.15, 0.2) is 5.78 Å². The fourth-order valence-electron chi connectivity index (χ4n) is 1.53. The van der Waals surface area contributed by atoms with Gasteiger partial charge in [-0.2, -0.15) is 0 Å². The molecule has 0 bridgehead atoms. The van der Waals surface area contributed by atoms with Crippen LogP contribution in [0.5, 0.6) is 0 Å². The summed E-state index contributed by atoms with van der Waals surface area (Å²) in [5.74, 6) is -0.836. The fraction of sp³-hybridized carbons (Fsp3) is 0.750. The van der Waals surface area contributed by atoms with Crippen LogP contribution in [0.4, 0.5) is 0 Å². The second-order valence-corrected chi connectivity index (χ2v) is 4.53. The summed E-state index contributed by atoms with van der Waals surface area (Å²) < 4.78 is 4.68. The summed E-state index contributed by atoms with van der Waals surface area (Å²) in [5, 5.41) is 2.84. The Bertz CT molecular complexity index is 326. The second kappa shape index (κ2) is 7.10. The molecule has 1 N–H and O–H groups in total. The molecule has 0 saturated heterocycles. The number of amides is 1. The number of ketones is 1. The highest BCUT2D eigenvalue weighted by Crippen LogP contribution is 2.18. The van der Waals surface area contributed by atoms with Crippen LogP contribution in [-0.4, -0.2) is 55.3 Å². The third-order valence-corrected chi connectivity index (χ3v) is 2.45. The molecule has 6 nitrogen and oxygen atoms in total. The Labute approximate surface area is 107 Å². The van der Waals surface area contributed by atoms with Crippen LogP contribution in [0.2, 0.25) is 0 Å². The largest absolute Gasteiger partial charge is 0.466 e. The van der Waals surface area contributed by atoms with Gasteiger partial charge < -0.3 is 10.1 Å². The molecule has 0 spiro atoms. The molecule has 0 aromatic heterocycles. The Morgan fingerprint density at radius 3 is 2.50 bits per heavy atom. The summed E-state index contributed by atoms with van der Waals surface area (Å²) in [6, 6.07) is 0.320. The van der Waals surface area contributed by atoms with Gasteiger partial charge in [0.05, 0.1) is 19.7 Å². The zero-order chi connectivity index (χ0) is 13.5. The third-order valence-electron chi connectivity index (χ3n) is 2.45. The van der Waals surface area contributed by atoms with Crippen molar-refractivity contribution in [3.63, 3.8) is 0 Å². The van der Waals surface area contributed by atoms with Crippen molar-refractivity contribution < 1.29 is 19.1 Å². The normalized spacial score (nSPS) is 14.4. The third kappa shape index (κ3) is 6.34. The monoisotopic (exact) mass is 256 g/mol. The first-order valence-corrected chi connectivity index (χ1v) is 6.16. The zero-order valence-electron chi connectivity index (χ0n) is 10.9. The molecule has 1 amide bonds. The van der Waals surface area contributed by atoms with E-state index in [4.69, 9.17) is 0 Å². The molecule has 0 unspecified atom stereocenters. The number of nitrogens with zero attached hydrogens (tertiary/aromatic N) is 1. The van der Waals surface area contributed by atoms with E-state index in [1.54, 1.807) is 18.9 Å². The van der Waals surface area contributed by atoms with Crippen molar-refractivity contribution in [1.29, 1.82) is 0 Å². The van der Waals surface area contributed by atoms with Gasteiger partial charge in [0.25, 0.3) is 0 Å². The number of Topliss-reactive ketones (excluding diaryl/α,β-unsaturated/α-hetero) is 1. The minimum Gasteiger partial charge on any atom is -0.466 e. The number of likely N-dealkylation sites (N-methyl/N-ethyl adjacent to an activating group) is 1. The average molecular weight is 256 g/mol. The summed E-state index contributed by atoms with van der Waals surface area (Å²) in [4.78, 5) is 35.6. The van der Waals surface area contributed by atoms with E-state index >= 15 is 0 Å². The lowest BCUT2D eigenvalue weighted by atomic mass is 10.2. The first-order chi connectivity index (χ1) is 8.51. The van der Waals surface area contributed by atoms with E-state index in [1.807, 2.05) is 0 Å². The quantitative estimate of drug-likeness (QED) is 0.477. The summed E-state index contributed by atoms with van der Waals surface area (Å²) in [6.45, 7) is 2.21. The maximum absolute atomic E-state index is 11.5. The topological polar surface area (TPSA) is 75.7 Å². The molecule has 1 saturated carbocycles. The molecule has 0 aromatic carbocycles. The Morgan fingerprint density at radius 2 is 1.94 bits per heavy atom. The van der Waals surface area contributed by atoms with Crippen LogP contribution in [0.1, 0.15) is 26.2 Å². The Hall–Kier alpha value is -1.43. The van der Waals surface area contributed by atoms with Crippen molar-refractivity contribution in [1.82, 2.24) is 10.2 Å². The fourth-order valence-corrected chi connectivity index (χ4v) is 1.53. The SMILES string of the molecule is CCOC(=O)CC(=O)CN(C)CC(=O)NC1CC1. The zero-order valence-corrected chi connectivity index (χ0v) is 10.9. The van der Waals surface area contributed by atoms with Gasteiger partial charge in [-0.3, -0.25) is 19.3 Å². The van der Waals surface area contributed by atoms with E-state index in [0.29, 0.717) is 6.04 Å². The molecule has 1 aliphatic rings. The summed E-state index contributed by atoms with van der Waals surface area (Å²) in [6.07, 6.45) is 1.84. The highest BCUT2D eigenvalue weighted by molar-refractivity contribution is 5.96. The Balaban J connectivity index is 2.17. The van der Waals surface area contributed by atoms with Gasteiger partial charge in [-0.05, 0) is 26.8 Å². The predicted molar refractivity (Wildman–Crippen MR) is 64.9 cm³/mol. The molecule has 0 aliphatic heterocycles. The van der Waals surface area contributed by atoms with Crippen molar-refractivity contribution in [2.24, 2.45) is 0 Å². The van der Waals surface area contributed by atoms with Crippen LogP contribution < -0.4 is 5.32 Å². The highest BCUT2D eigenvalue weighted by Gasteiger charge is 2.23. The molecule has 1 rings (SSSR count). The Morgan fingerprint density at radius 1 is 1.28 bits per heavy atom. The molecule has 1 fully saturated rings. The van der Waals surface area contributed by atoms with Gasteiger partial charge >= 0.3 is 5.97 Å². The van der Waals surface area contributed by atoms with Crippen LogP contribution in [0.25, 0.3) is 0 Å². The van der Waals surface area contributed by atoms with Gasteiger partial charge in [0, 0.05) is 6.04 Å². The minimum absolute atomic E-state index is 0.0797. The van der Waals surface area contributed by atoms with Gasteiger partial charge in [0.2, 0.25) is 5.91 Å². The number of hydrogen-bond donors (Lipinski definition) is 1. The number of esters is 1. The van der Waals surface area contributed by atoms with Gasteiger partial charge in [-0.25, -0.2) is 0 Å².